The van der Waals surface area contributed by atoms with E-state index in [0.717, 1.165) is 30.6 Å². The first-order chi connectivity index (χ1) is 29.5. The molecule has 0 bridgehead atoms. The highest BCUT2D eigenvalue weighted by Crippen LogP contribution is 2.40. The van der Waals surface area contributed by atoms with Crippen LogP contribution >= 0.6 is 0 Å². The molecule has 0 saturated carbocycles. The van der Waals surface area contributed by atoms with Crippen molar-refractivity contribution >= 4 is 46.7 Å². The number of hydrogen-bond donors (Lipinski definition) is 0. The smallest absolute Gasteiger partial charge is 0.0560 e. The Balaban J connectivity index is 0.907. The van der Waals surface area contributed by atoms with Crippen LogP contribution in [0.4, 0.5) is 28.4 Å². The van der Waals surface area contributed by atoms with Gasteiger partial charge in [0.25, 0.3) is 0 Å². The van der Waals surface area contributed by atoms with E-state index in [9.17, 15) is 0 Å². The Bertz CT molecular complexity index is 2630. The number of anilines is 5. The first-order valence-corrected chi connectivity index (χ1v) is 21.4. The van der Waals surface area contributed by atoms with E-state index >= 15 is 0 Å². The number of rotatable bonds is 13. The Morgan fingerprint density at radius 1 is 0.467 bits per heavy atom. The summed E-state index contributed by atoms with van der Waals surface area (Å²) in [5.74, 6) is 0. The Kier molecular flexibility index (Phi) is 12.5. The van der Waals surface area contributed by atoms with Gasteiger partial charge in [-0.25, -0.2) is 0 Å². The molecule has 0 N–H and O–H groups in total. The van der Waals surface area contributed by atoms with Crippen LogP contribution in [0, 0.1) is 13.8 Å². The van der Waals surface area contributed by atoms with E-state index in [1.807, 2.05) is 0 Å². The number of aryl methyl sites for hydroxylation is 4. The lowest BCUT2D eigenvalue weighted by molar-refractivity contribution is 0.775. The molecule has 0 saturated heterocycles. The Morgan fingerprint density at radius 2 is 0.933 bits per heavy atom. The highest BCUT2D eigenvalue weighted by atomic mass is 15.2. The highest BCUT2D eigenvalue weighted by molar-refractivity contribution is 5.82. The lowest BCUT2D eigenvalue weighted by Gasteiger charge is -2.35. The Hall–Kier alpha value is -6.90. The predicted molar refractivity (Wildman–Crippen MR) is 260 cm³/mol. The van der Waals surface area contributed by atoms with Crippen LogP contribution < -0.4 is 9.80 Å². The molecule has 1 unspecified atom stereocenters. The van der Waals surface area contributed by atoms with Gasteiger partial charge in [0.05, 0.1) is 11.7 Å². The molecule has 1 aliphatic rings. The quantitative estimate of drug-likeness (QED) is 0.108. The zero-order valence-corrected chi connectivity index (χ0v) is 35.3. The lowest BCUT2D eigenvalue weighted by atomic mass is 9.96. The third kappa shape index (κ3) is 9.04. The second kappa shape index (κ2) is 18.8. The van der Waals surface area contributed by atoms with E-state index in [4.69, 9.17) is 0 Å². The fraction of sp³-hybridized carbons (Fsp3) is 0.138. The topological polar surface area (TPSA) is 6.48 Å². The van der Waals surface area contributed by atoms with Crippen LogP contribution in [0.3, 0.4) is 0 Å². The molecule has 0 fully saturated rings. The zero-order valence-electron chi connectivity index (χ0n) is 35.3. The van der Waals surface area contributed by atoms with Gasteiger partial charge in [-0.3, -0.25) is 0 Å². The maximum atomic E-state index is 2.52. The number of benzene rings is 7. The van der Waals surface area contributed by atoms with Crippen molar-refractivity contribution in [1.29, 1.82) is 0 Å². The monoisotopic (exact) mass is 778 g/mol. The van der Waals surface area contributed by atoms with E-state index in [2.05, 4.69) is 250 Å². The molecule has 1 atom stereocenters. The van der Waals surface area contributed by atoms with Crippen molar-refractivity contribution < 1.29 is 0 Å². The van der Waals surface area contributed by atoms with Crippen LogP contribution in [-0.4, -0.2) is 6.04 Å². The summed E-state index contributed by atoms with van der Waals surface area (Å²) >= 11 is 0. The minimum absolute atomic E-state index is 0.249. The van der Waals surface area contributed by atoms with Crippen molar-refractivity contribution in [2.45, 2.75) is 53.0 Å². The van der Waals surface area contributed by atoms with Gasteiger partial charge in [-0.1, -0.05) is 190 Å². The zero-order chi connectivity index (χ0) is 41.3. The van der Waals surface area contributed by atoms with Gasteiger partial charge < -0.3 is 9.80 Å². The van der Waals surface area contributed by atoms with Crippen LogP contribution in [0.15, 0.2) is 200 Å². The summed E-state index contributed by atoms with van der Waals surface area (Å²) in [4.78, 5) is 4.91. The van der Waals surface area contributed by atoms with Crippen molar-refractivity contribution in [2.75, 3.05) is 9.80 Å². The maximum absolute atomic E-state index is 2.52. The van der Waals surface area contributed by atoms with Gasteiger partial charge in [0.15, 0.2) is 0 Å². The molecule has 7 aromatic carbocycles. The van der Waals surface area contributed by atoms with Crippen molar-refractivity contribution in [1.82, 2.24) is 0 Å². The predicted octanol–water partition coefficient (Wildman–Crippen LogP) is 15.8. The highest BCUT2D eigenvalue weighted by Gasteiger charge is 2.23. The molecular formula is C58H54N2. The standard InChI is InChI=1S/C58H54N2/c1-5-49-17-13-15-43(3)57(49)59(53-19-9-7-10-20-53)55-39-31-47(32-40-55)25-23-45-27-35-51(36-28-45)52-37-29-46(30-38-52)24-26-48-33-41-56(42-34-48)60(54-21-11-8-12-22-54)58-44(4)16-14-18-50(58)6-2/h7-41,56H,5-6,42H2,1-4H3. The fourth-order valence-corrected chi connectivity index (χ4v) is 8.37. The first-order valence-electron chi connectivity index (χ1n) is 21.4. The van der Waals surface area contributed by atoms with Gasteiger partial charge in [0.2, 0.25) is 0 Å². The van der Waals surface area contributed by atoms with Gasteiger partial charge >= 0.3 is 0 Å². The third-order valence-electron chi connectivity index (χ3n) is 11.6. The molecule has 7 aromatic rings. The molecule has 0 amide bonds. The van der Waals surface area contributed by atoms with E-state index in [1.54, 1.807) is 0 Å². The minimum atomic E-state index is 0.249. The number of hydrogen-bond acceptors (Lipinski definition) is 2. The molecule has 0 radical (unpaired) electrons. The van der Waals surface area contributed by atoms with Crippen molar-refractivity contribution in [3.63, 3.8) is 0 Å². The van der Waals surface area contributed by atoms with Crippen LogP contribution in [0.2, 0.25) is 0 Å². The SMILES string of the molecule is CCc1cccc(C)c1N(c1ccccc1)c1ccc(C=Cc2ccc(-c3ccc(C=CC4=CCC(N(c5ccccc5)c5c(C)cccc5CC)C=C4)cc3)cc2)cc1. The molecule has 2 heteroatoms. The lowest BCUT2D eigenvalue weighted by Crippen LogP contribution is -2.31. The van der Waals surface area contributed by atoms with Crippen molar-refractivity contribution in [3.8, 4) is 11.1 Å². The first kappa shape index (κ1) is 39.9. The largest absolute Gasteiger partial charge is 0.334 e. The summed E-state index contributed by atoms with van der Waals surface area (Å²) in [7, 11) is 0. The summed E-state index contributed by atoms with van der Waals surface area (Å²) in [5.41, 5.74) is 18.6. The average molecular weight is 779 g/mol. The molecule has 1 aliphatic carbocycles. The Labute approximate surface area is 357 Å². The molecule has 8 rings (SSSR count). The molecule has 0 spiro atoms. The van der Waals surface area contributed by atoms with Crippen LogP contribution in [-0.2, 0) is 12.8 Å². The van der Waals surface area contributed by atoms with Crippen molar-refractivity contribution in [3.05, 3.63) is 239 Å². The molecule has 2 nitrogen and oxygen atoms in total. The molecule has 0 aromatic heterocycles. The van der Waals surface area contributed by atoms with Gasteiger partial charge in [-0.05, 0) is 125 Å². The molecule has 0 heterocycles. The van der Waals surface area contributed by atoms with E-state index in [-0.39, 0.29) is 6.04 Å². The summed E-state index contributed by atoms with van der Waals surface area (Å²) in [6.45, 7) is 8.91. The molecular weight excluding hydrogens is 725 g/mol. The van der Waals surface area contributed by atoms with Crippen LogP contribution in [0.1, 0.15) is 59.2 Å². The number of nitrogens with zero attached hydrogens (tertiary/aromatic N) is 2. The van der Waals surface area contributed by atoms with Gasteiger partial charge in [-0.2, -0.15) is 0 Å². The van der Waals surface area contributed by atoms with Crippen LogP contribution in [0.25, 0.3) is 29.4 Å². The molecule has 0 aliphatic heterocycles. The Morgan fingerprint density at radius 3 is 1.45 bits per heavy atom. The average Bonchev–Trinajstić information content (AvgIpc) is 3.30. The van der Waals surface area contributed by atoms with E-state index in [0.29, 0.717) is 0 Å². The summed E-state index contributed by atoms with van der Waals surface area (Å²) in [6.07, 6.45) is 18.8. The summed E-state index contributed by atoms with van der Waals surface area (Å²) < 4.78 is 0. The van der Waals surface area contributed by atoms with E-state index < -0.39 is 0 Å². The molecule has 296 valence electrons. The minimum Gasteiger partial charge on any atom is -0.334 e. The van der Waals surface area contributed by atoms with Gasteiger partial charge in [0, 0.05) is 22.7 Å². The fourth-order valence-electron chi connectivity index (χ4n) is 8.37. The molecule has 60 heavy (non-hydrogen) atoms. The van der Waals surface area contributed by atoms with Gasteiger partial charge in [0.1, 0.15) is 0 Å². The number of allylic oxidation sites excluding steroid dienone is 3. The summed E-state index contributed by atoms with van der Waals surface area (Å²) in [5, 5.41) is 0. The van der Waals surface area contributed by atoms with Gasteiger partial charge in [-0.15, -0.1) is 0 Å². The van der Waals surface area contributed by atoms with E-state index in [1.165, 1.54) is 72.7 Å². The summed E-state index contributed by atoms with van der Waals surface area (Å²) in [6, 6.07) is 61.6. The van der Waals surface area contributed by atoms with Crippen molar-refractivity contribution in [2.24, 2.45) is 0 Å². The second-order valence-electron chi connectivity index (χ2n) is 15.6. The second-order valence-corrected chi connectivity index (χ2v) is 15.6. The normalized spacial score (nSPS) is 13.8. The maximum Gasteiger partial charge on any atom is 0.0560 e. The number of para-hydroxylation sites is 4. The van der Waals surface area contributed by atoms with Crippen LogP contribution in [0.5, 0.6) is 0 Å². The third-order valence-corrected chi connectivity index (χ3v) is 11.6.